The molecule has 0 bridgehead atoms. The monoisotopic (exact) mass is 427 g/mol. The van der Waals surface area contributed by atoms with Gasteiger partial charge in [-0.1, -0.05) is 60.7 Å². The maximum Gasteiger partial charge on any atom is 0.339 e. The maximum atomic E-state index is 12.6. The van der Waals surface area contributed by atoms with E-state index in [9.17, 15) is 14.7 Å². The van der Waals surface area contributed by atoms with Gasteiger partial charge in [0.05, 0.1) is 0 Å². The highest BCUT2D eigenvalue weighted by Gasteiger charge is 2.17. The zero-order chi connectivity index (χ0) is 22.5. The number of aromatic hydroxyl groups is 1. The lowest BCUT2D eigenvalue weighted by Gasteiger charge is -2.19. The van der Waals surface area contributed by atoms with Crippen LogP contribution in [0.4, 0.5) is 0 Å². The lowest BCUT2D eigenvalue weighted by Crippen LogP contribution is -2.29. The Bertz CT molecular complexity index is 1240. The number of hydrogen-bond donors (Lipinski definition) is 2. The van der Waals surface area contributed by atoms with E-state index in [2.05, 4.69) is 29.6 Å². The zero-order valence-electron chi connectivity index (χ0n) is 17.9. The molecule has 0 spiro atoms. The van der Waals surface area contributed by atoms with Crippen molar-refractivity contribution in [3.05, 3.63) is 112 Å². The molecule has 1 aromatic heterocycles. The van der Waals surface area contributed by atoms with Crippen LogP contribution >= 0.6 is 0 Å². The predicted molar refractivity (Wildman–Crippen MR) is 125 cm³/mol. The van der Waals surface area contributed by atoms with E-state index < -0.39 is 5.63 Å². The molecule has 0 aliphatic heterocycles. The van der Waals surface area contributed by atoms with E-state index in [4.69, 9.17) is 4.42 Å². The predicted octanol–water partition coefficient (Wildman–Crippen LogP) is 4.69. The smallest absolute Gasteiger partial charge is 0.339 e. The third-order valence-electron chi connectivity index (χ3n) is 5.78. The molecule has 162 valence electrons. The van der Waals surface area contributed by atoms with Gasteiger partial charge in [-0.05, 0) is 42.2 Å². The van der Waals surface area contributed by atoms with Crippen LogP contribution < -0.4 is 10.9 Å². The number of phenolic OH excluding ortho intramolecular Hbond substituents is 1. The van der Waals surface area contributed by atoms with Gasteiger partial charge in [0.15, 0.2) is 0 Å². The summed E-state index contributed by atoms with van der Waals surface area (Å²) in [4.78, 5) is 25.1. The Balaban J connectivity index is 1.46. The molecule has 0 saturated carbocycles. The average Bonchev–Trinajstić information content (AvgIpc) is 2.80. The lowest BCUT2D eigenvalue weighted by molar-refractivity contribution is -0.121. The summed E-state index contributed by atoms with van der Waals surface area (Å²) in [5.74, 6) is -0.0356. The summed E-state index contributed by atoms with van der Waals surface area (Å²) >= 11 is 0. The van der Waals surface area contributed by atoms with E-state index in [1.54, 1.807) is 12.1 Å². The van der Waals surface area contributed by atoms with Gasteiger partial charge >= 0.3 is 5.63 Å². The van der Waals surface area contributed by atoms with Crippen molar-refractivity contribution in [2.45, 2.75) is 25.7 Å². The molecule has 2 N–H and O–H groups in total. The van der Waals surface area contributed by atoms with Gasteiger partial charge in [-0.2, -0.15) is 0 Å². The Kier molecular flexibility index (Phi) is 6.36. The second-order valence-electron chi connectivity index (χ2n) is 7.85. The SMILES string of the molecule is Cc1c(CCC(=O)NCC(c2ccccc2)c2ccccc2)c(=O)oc2cc(O)ccc12. The van der Waals surface area contributed by atoms with Crippen molar-refractivity contribution in [3.63, 3.8) is 0 Å². The first-order chi connectivity index (χ1) is 15.5. The molecular formula is C27H25NO4. The number of nitrogens with one attached hydrogen (secondary N) is 1. The Hall–Kier alpha value is -3.86. The molecule has 0 fully saturated rings. The highest BCUT2D eigenvalue weighted by atomic mass is 16.4. The van der Waals surface area contributed by atoms with Crippen LogP contribution in [0.2, 0.25) is 0 Å². The number of amides is 1. The molecule has 1 heterocycles. The number of hydrogen-bond acceptors (Lipinski definition) is 4. The van der Waals surface area contributed by atoms with Gasteiger partial charge in [-0.15, -0.1) is 0 Å². The van der Waals surface area contributed by atoms with Gasteiger partial charge in [0, 0.05) is 35.9 Å². The fraction of sp³-hybridized carbons (Fsp3) is 0.185. The standard InChI is InChI=1S/C27H25NO4/c1-18-22-13-12-21(29)16-25(22)32-27(31)23(18)14-15-26(30)28-17-24(19-8-4-2-5-9-19)20-10-6-3-7-11-20/h2-13,16,24,29H,14-15,17H2,1H3,(H,28,30). The number of rotatable bonds is 7. The molecule has 5 heteroatoms. The number of phenols is 1. The minimum Gasteiger partial charge on any atom is -0.508 e. The number of fused-ring (bicyclic) bond motifs is 1. The van der Waals surface area contributed by atoms with Gasteiger partial charge in [0.2, 0.25) is 5.91 Å². The van der Waals surface area contributed by atoms with Crippen LogP contribution in [0.1, 0.15) is 34.6 Å². The van der Waals surface area contributed by atoms with E-state index in [1.807, 2.05) is 43.3 Å². The van der Waals surface area contributed by atoms with Crippen LogP contribution in [0.25, 0.3) is 11.0 Å². The molecule has 4 aromatic rings. The van der Waals surface area contributed by atoms with Crippen LogP contribution in [0, 0.1) is 6.92 Å². The summed E-state index contributed by atoms with van der Waals surface area (Å²) in [7, 11) is 0. The molecule has 0 aliphatic carbocycles. The first kappa shape index (κ1) is 21.4. The second-order valence-corrected chi connectivity index (χ2v) is 7.85. The summed E-state index contributed by atoms with van der Waals surface area (Å²) in [6.45, 7) is 2.31. The largest absolute Gasteiger partial charge is 0.508 e. The van der Waals surface area contributed by atoms with Crippen molar-refractivity contribution in [1.82, 2.24) is 5.32 Å². The molecule has 1 amide bonds. The molecule has 4 rings (SSSR count). The quantitative estimate of drug-likeness (QED) is 0.420. The third kappa shape index (κ3) is 4.72. The normalized spacial score (nSPS) is 11.1. The molecule has 0 unspecified atom stereocenters. The van der Waals surface area contributed by atoms with E-state index in [1.165, 1.54) is 6.07 Å². The van der Waals surface area contributed by atoms with Crippen molar-refractivity contribution in [1.29, 1.82) is 0 Å². The first-order valence-electron chi connectivity index (χ1n) is 10.6. The average molecular weight is 428 g/mol. The van der Waals surface area contributed by atoms with Crippen LogP contribution in [0.3, 0.4) is 0 Å². The van der Waals surface area contributed by atoms with Crippen LogP contribution in [-0.2, 0) is 11.2 Å². The Morgan fingerprint density at radius 1 is 0.969 bits per heavy atom. The van der Waals surface area contributed by atoms with Crippen molar-refractivity contribution in [3.8, 4) is 5.75 Å². The topological polar surface area (TPSA) is 79.5 Å². The summed E-state index contributed by atoms with van der Waals surface area (Å²) in [6.07, 6.45) is 0.476. The van der Waals surface area contributed by atoms with Crippen LogP contribution in [-0.4, -0.2) is 17.6 Å². The molecule has 0 radical (unpaired) electrons. The molecule has 5 nitrogen and oxygen atoms in total. The van der Waals surface area contributed by atoms with E-state index in [0.717, 1.165) is 22.1 Å². The number of benzene rings is 3. The number of carbonyl (C=O) groups is 1. The maximum absolute atomic E-state index is 12.6. The zero-order valence-corrected chi connectivity index (χ0v) is 17.9. The minimum atomic E-state index is -0.472. The van der Waals surface area contributed by atoms with Crippen LogP contribution in [0.15, 0.2) is 88.1 Å². The summed E-state index contributed by atoms with van der Waals surface area (Å²) in [5.41, 5.74) is 3.40. The van der Waals surface area contributed by atoms with Crippen molar-refractivity contribution in [2.75, 3.05) is 6.54 Å². The Labute approximate surface area is 186 Å². The van der Waals surface area contributed by atoms with Crippen LogP contribution in [0.5, 0.6) is 5.75 Å². The summed E-state index contributed by atoms with van der Waals surface area (Å²) < 4.78 is 5.35. The molecule has 0 aliphatic rings. The second kappa shape index (κ2) is 9.52. The van der Waals surface area contributed by atoms with Crippen molar-refractivity contribution < 1.29 is 14.3 Å². The first-order valence-corrected chi connectivity index (χ1v) is 10.6. The van der Waals surface area contributed by atoms with E-state index in [-0.39, 0.29) is 30.4 Å². The fourth-order valence-corrected chi connectivity index (χ4v) is 4.01. The molecule has 0 saturated heterocycles. The van der Waals surface area contributed by atoms with Crippen molar-refractivity contribution in [2.24, 2.45) is 0 Å². The summed E-state index contributed by atoms with van der Waals surface area (Å²) in [5, 5.41) is 13.4. The number of carbonyl (C=O) groups excluding carboxylic acids is 1. The van der Waals surface area contributed by atoms with E-state index >= 15 is 0 Å². The Morgan fingerprint density at radius 2 is 1.59 bits per heavy atom. The highest BCUT2D eigenvalue weighted by molar-refractivity contribution is 5.82. The van der Waals surface area contributed by atoms with Gasteiger partial charge in [0.1, 0.15) is 11.3 Å². The highest BCUT2D eigenvalue weighted by Crippen LogP contribution is 2.25. The van der Waals surface area contributed by atoms with Gasteiger partial charge < -0.3 is 14.8 Å². The van der Waals surface area contributed by atoms with Gasteiger partial charge in [-0.25, -0.2) is 4.79 Å². The van der Waals surface area contributed by atoms with E-state index in [0.29, 0.717) is 17.7 Å². The summed E-state index contributed by atoms with van der Waals surface area (Å²) in [6, 6.07) is 24.9. The molecule has 3 aromatic carbocycles. The van der Waals surface area contributed by atoms with Crippen molar-refractivity contribution >= 4 is 16.9 Å². The fourth-order valence-electron chi connectivity index (χ4n) is 4.01. The van der Waals surface area contributed by atoms with Gasteiger partial charge in [-0.3, -0.25) is 4.79 Å². The third-order valence-corrected chi connectivity index (χ3v) is 5.78. The molecule has 0 atom stereocenters. The number of aryl methyl sites for hydroxylation is 1. The minimum absolute atomic E-state index is 0.0403. The Morgan fingerprint density at radius 3 is 2.22 bits per heavy atom. The molecular weight excluding hydrogens is 402 g/mol. The lowest BCUT2D eigenvalue weighted by atomic mass is 9.91. The molecule has 32 heavy (non-hydrogen) atoms. The van der Waals surface area contributed by atoms with Gasteiger partial charge in [0.25, 0.3) is 0 Å².